The molecule has 0 aromatic carbocycles. The topological polar surface area (TPSA) is 97.6 Å². The molecule has 2 bridgehead atoms. The van der Waals surface area contributed by atoms with Crippen LogP contribution in [0, 0.1) is 13.8 Å². The number of fused-ring (bicyclic) bond motifs is 2. The first-order valence-corrected chi connectivity index (χ1v) is 9.05. The minimum atomic E-state index is -3.73. The van der Waals surface area contributed by atoms with Crippen LogP contribution < -0.4 is 0 Å². The first-order chi connectivity index (χ1) is 8.73. The largest absolute Gasteiger partial charge is 0.360 e. The molecular formula is C10H14N2O5S2. The van der Waals surface area contributed by atoms with Gasteiger partial charge in [-0.3, -0.25) is 0 Å². The molecule has 7 nitrogen and oxygen atoms in total. The lowest BCUT2D eigenvalue weighted by molar-refractivity contribution is 0.386. The zero-order valence-electron chi connectivity index (χ0n) is 10.5. The molecule has 0 radical (unpaired) electrons. The monoisotopic (exact) mass is 306 g/mol. The van der Waals surface area contributed by atoms with Crippen molar-refractivity contribution in [3.05, 3.63) is 11.5 Å². The molecule has 3 rings (SSSR count). The fourth-order valence-corrected chi connectivity index (χ4v) is 7.11. The Balaban J connectivity index is 2.01. The number of aryl methyl sites for hydroxylation is 2. The van der Waals surface area contributed by atoms with E-state index in [0.717, 1.165) is 0 Å². The summed E-state index contributed by atoms with van der Waals surface area (Å²) in [5.74, 6) is 0.156. The van der Waals surface area contributed by atoms with E-state index < -0.39 is 31.2 Å². The highest BCUT2D eigenvalue weighted by molar-refractivity contribution is 7.93. The maximum Gasteiger partial charge on any atom is 0.248 e. The van der Waals surface area contributed by atoms with E-state index in [1.165, 1.54) is 11.2 Å². The molecule has 1 aromatic heterocycles. The van der Waals surface area contributed by atoms with Crippen LogP contribution in [0.15, 0.2) is 9.42 Å². The van der Waals surface area contributed by atoms with Crippen LogP contribution in [-0.4, -0.2) is 49.9 Å². The summed E-state index contributed by atoms with van der Waals surface area (Å²) in [5, 5.41) is 3.08. The Morgan fingerprint density at radius 2 is 2.05 bits per heavy atom. The molecule has 2 aliphatic heterocycles. The summed E-state index contributed by atoms with van der Waals surface area (Å²) in [6.45, 7) is 3.14. The van der Waals surface area contributed by atoms with E-state index in [9.17, 15) is 16.8 Å². The van der Waals surface area contributed by atoms with Gasteiger partial charge >= 0.3 is 0 Å². The average molecular weight is 306 g/mol. The van der Waals surface area contributed by atoms with Crippen LogP contribution in [0.1, 0.15) is 17.9 Å². The molecule has 106 valence electrons. The number of hydrogen-bond donors (Lipinski definition) is 0. The van der Waals surface area contributed by atoms with E-state index in [2.05, 4.69) is 5.16 Å². The third-order valence-electron chi connectivity index (χ3n) is 3.79. The number of aromatic nitrogens is 1. The van der Waals surface area contributed by atoms with Gasteiger partial charge in [-0.15, -0.1) is 0 Å². The summed E-state index contributed by atoms with van der Waals surface area (Å²) in [6, 6.07) is -0.450. The quantitative estimate of drug-likeness (QED) is 0.754. The highest BCUT2D eigenvalue weighted by Gasteiger charge is 2.53. The number of rotatable bonds is 2. The Morgan fingerprint density at radius 1 is 1.37 bits per heavy atom. The molecule has 2 atom stereocenters. The maximum atomic E-state index is 12.6. The van der Waals surface area contributed by atoms with Crippen molar-refractivity contribution in [2.45, 2.75) is 36.5 Å². The number of nitrogens with zero attached hydrogens (tertiary/aromatic N) is 2. The van der Waals surface area contributed by atoms with Crippen LogP contribution in [0.2, 0.25) is 0 Å². The Labute approximate surface area is 111 Å². The molecule has 0 N–H and O–H groups in total. The summed E-state index contributed by atoms with van der Waals surface area (Å²) < 4.78 is 54.6. The van der Waals surface area contributed by atoms with Crippen LogP contribution in [0.5, 0.6) is 0 Å². The van der Waals surface area contributed by atoms with Crippen molar-refractivity contribution < 1.29 is 21.4 Å². The lowest BCUT2D eigenvalue weighted by Gasteiger charge is -2.25. The maximum absolute atomic E-state index is 12.6. The second-order valence-electron chi connectivity index (χ2n) is 5.07. The van der Waals surface area contributed by atoms with E-state index in [-0.39, 0.29) is 23.0 Å². The van der Waals surface area contributed by atoms with E-state index in [1.807, 2.05) is 0 Å². The number of sulfonamides is 1. The van der Waals surface area contributed by atoms with E-state index in [1.54, 1.807) is 6.92 Å². The Kier molecular flexibility index (Phi) is 2.61. The van der Waals surface area contributed by atoms with Crippen molar-refractivity contribution in [3.63, 3.8) is 0 Å². The smallest absolute Gasteiger partial charge is 0.248 e. The molecule has 0 saturated carbocycles. The van der Waals surface area contributed by atoms with Crippen LogP contribution >= 0.6 is 0 Å². The summed E-state index contributed by atoms with van der Waals surface area (Å²) in [7, 11) is -6.84. The third kappa shape index (κ3) is 1.75. The molecule has 3 heterocycles. The minimum absolute atomic E-state index is 0.0411. The Morgan fingerprint density at radius 3 is 2.47 bits per heavy atom. The Bertz CT molecular complexity index is 714. The molecule has 9 heteroatoms. The predicted molar refractivity (Wildman–Crippen MR) is 65.8 cm³/mol. The van der Waals surface area contributed by atoms with Crippen molar-refractivity contribution in [2.75, 3.05) is 12.3 Å². The SMILES string of the molecule is Cc1noc(C)c1S(=O)(=O)N1CC2CC1CS2(=O)=O. The van der Waals surface area contributed by atoms with Crippen molar-refractivity contribution in [1.82, 2.24) is 9.46 Å². The van der Waals surface area contributed by atoms with Gasteiger partial charge in [-0.2, -0.15) is 4.31 Å². The summed E-state index contributed by atoms with van der Waals surface area (Å²) in [5.41, 5.74) is 0.308. The third-order valence-corrected chi connectivity index (χ3v) is 8.16. The van der Waals surface area contributed by atoms with Gasteiger partial charge in [0.25, 0.3) is 0 Å². The summed E-state index contributed by atoms with van der Waals surface area (Å²) >= 11 is 0. The normalized spacial score (nSPS) is 30.0. The second kappa shape index (κ2) is 3.80. The molecule has 19 heavy (non-hydrogen) atoms. The lowest BCUT2D eigenvalue weighted by Crippen LogP contribution is -2.44. The van der Waals surface area contributed by atoms with Crippen molar-refractivity contribution in [1.29, 1.82) is 0 Å². The molecule has 1 aromatic rings. The minimum Gasteiger partial charge on any atom is -0.360 e. The fourth-order valence-electron chi connectivity index (χ4n) is 2.92. The Hall–Kier alpha value is -0.930. The van der Waals surface area contributed by atoms with Gasteiger partial charge in [0.2, 0.25) is 10.0 Å². The van der Waals surface area contributed by atoms with E-state index in [4.69, 9.17) is 4.52 Å². The molecule has 0 amide bonds. The highest BCUT2D eigenvalue weighted by atomic mass is 32.2. The number of sulfone groups is 1. The van der Waals surface area contributed by atoms with Gasteiger partial charge in [0, 0.05) is 12.6 Å². The first kappa shape index (κ1) is 13.1. The molecule has 0 spiro atoms. The lowest BCUT2D eigenvalue weighted by atomic mass is 10.3. The zero-order chi connectivity index (χ0) is 14.0. The zero-order valence-corrected chi connectivity index (χ0v) is 12.2. The van der Waals surface area contributed by atoms with Gasteiger partial charge in [-0.05, 0) is 20.3 Å². The van der Waals surface area contributed by atoms with Crippen LogP contribution in [0.3, 0.4) is 0 Å². The van der Waals surface area contributed by atoms with Crippen LogP contribution in [0.25, 0.3) is 0 Å². The summed E-state index contributed by atoms with van der Waals surface area (Å²) in [6.07, 6.45) is 0.394. The second-order valence-corrected chi connectivity index (χ2v) is 9.22. The standard InChI is InChI=1S/C10H14N2O5S2/c1-6-10(7(2)17-11-6)19(15,16)12-4-9-3-8(12)5-18(9,13)14/h8-9H,3-5H2,1-2H3. The van der Waals surface area contributed by atoms with Gasteiger partial charge in [0.15, 0.2) is 15.6 Å². The van der Waals surface area contributed by atoms with Crippen molar-refractivity contribution >= 4 is 19.9 Å². The molecule has 0 aliphatic carbocycles. The average Bonchev–Trinajstić information content (AvgIpc) is 2.90. The van der Waals surface area contributed by atoms with Gasteiger partial charge < -0.3 is 4.52 Å². The van der Waals surface area contributed by atoms with E-state index in [0.29, 0.717) is 12.1 Å². The first-order valence-electron chi connectivity index (χ1n) is 5.90. The van der Waals surface area contributed by atoms with Crippen LogP contribution in [0.4, 0.5) is 0 Å². The van der Waals surface area contributed by atoms with Crippen molar-refractivity contribution in [2.24, 2.45) is 0 Å². The molecule has 2 aliphatic rings. The highest BCUT2D eigenvalue weighted by Crippen LogP contribution is 2.37. The van der Waals surface area contributed by atoms with Crippen molar-refractivity contribution in [3.8, 4) is 0 Å². The van der Waals surface area contributed by atoms with Crippen LogP contribution in [-0.2, 0) is 19.9 Å². The molecule has 2 saturated heterocycles. The molecule has 2 fully saturated rings. The fraction of sp³-hybridized carbons (Fsp3) is 0.700. The van der Waals surface area contributed by atoms with Gasteiger partial charge in [-0.1, -0.05) is 5.16 Å². The summed E-state index contributed by atoms with van der Waals surface area (Å²) in [4.78, 5) is 0.0671. The van der Waals surface area contributed by atoms with Gasteiger partial charge in [0.05, 0.1) is 11.0 Å². The number of hydrogen-bond acceptors (Lipinski definition) is 6. The molecular weight excluding hydrogens is 292 g/mol. The van der Waals surface area contributed by atoms with E-state index >= 15 is 0 Å². The predicted octanol–water partition coefficient (Wildman–Crippen LogP) is -0.149. The molecule has 2 unspecified atom stereocenters. The van der Waals surface area contributed by atoms with Gasteiger partial charge in [-0.25, -0.2) is 16.8 Å². The van der Waals surface area contributed by atoms with Gasteiger partial charge in [0.1, 0.15) is 10.6 Å².